The highest BCUT2D eigenvalue weighted by atomic mass is 16.5. The van der Waals surface area contributed by atoms with Crippen LogP contribution in [-0.2, 0) is 12.1 Å². The highest BCUT2D eigenvalue weighted by Crippen LogP contribution is 2.48. The summed E-state index contributed by atoms with van der Waals surface area (Å²) in [4.78, 5) is 2.58. The van der Waals surface area contributed by atoms with Gasteiger partial charge in [0.05, 0.1) is 19.8 Å². The number of rotatable bonds is 5. The van der Waals surface area contributed by atoms with E-state index in [4.69, 9.17) is 9.47 Å². The second-order valence-corrected chi connectivity index (χ2v) is 7.55. The number of methoxy groups -OCH3 is 2. The highest BCUT2D eigenvalue weighted by molar-refractivity contribution is 5.44. The molecule has 4 rings (SSSR count). The van der Waals surface area contributed by atoms with E-state index in [-0.39, 0.29) is 0 Å². The summed E-state index contributed by atoms with van der Waals surface area (Å²) in [5.41, 5.74) is 1.34. The molecule has 2 bridgehead atoms. The minimum atomic E-state index is -0.862. The molecular weight excluding hydrogens is 326 g/mol. The summed E-state index contributed by atoms with van der Waals surface area (Å²) < 4.78 is 10.9. The van der Waals surface area contributed by atoms with E-state index in [9.17, 15) is 5.11 Å². The van der Waals surface area contributed by atoms with Gasteiger partial charge in [-0.2, -0.15) is 0 Å². The van der Waals surface area contributed by atoms with Crippen LogP contribution in [0.2, 0.25) is 0 Å². The van der Waals surface area contributed by atoms with Crippen LogP contribution in [0.25, 0.3) is 0 Å². The van der Waals surface area contributed by atoms with Crippen molar-refractivity contribution in [2.24, 2.45) is 0 Å². The van der Waals surface area contributed by atoms with E-state index in [0.29, 0.717) is 12.1 Å². The zero-order valence-electron chi connectivity index (χ0n) is 15.5. The van der Waals surface area contributed by atoms with Gasteiger partial charge in [0.2, 0.25) is 0 Å². The molecule has 2 heterocycles. The summed E-state index contributed by atoms with van der Waals surface area (Å²) in [5, 5.41) is 11.6. The fourth-order valence-corrected chi connectivity index (χ4v) is 4.77. The summed E-state index contributed by atoms with van der Waals surface area (Å²) >= 11 is 0. The molecule has 2 fully saturated rings. The Bertz CT molecular complexity index is 747. The Morgan fingerprint density at radius 2 is 1.69 bits per heavy atom. The van der Waals surface area contributed by atoms with Crippen molar-refractivity contribution in [2.45, 2.75) is 49.9 Å². The number of nitrogens with zero attached hydrogens (tertiary/aromatic N) is 1. The third-order valence-electron chi connectivity index (χ3n) is 6.03. The van der Waals surface area contributed by atoms with Gasteiger partial charge in [-0.1, -0.05) is 30.3 Å². The molecule has 0 aromatic heterocycles. The summed E-state index contributed by atoms with van der Waals surface area (Å²) in [6.45, 7) is 0.960. The van der Waals surface area contributed by atoms with E-state index in [1.807, 2.05) is 18.2 Å². The van der Waals surface area contributed by atoms with Crippen LogP contribution >= 0.6 is 0 Å². The lowest BCUT2D eigenvalue weighted by Gasteiger charge is -2.44. The van der Waals surface area contributed by atoms with Crippen LogP contribution in [0.3, 0.4) is 0 Å². The third kappa shape index (κ3) is 3.08. The predicted molar refractivity (Wildman–Crippen MR) is 101 cm³/mol. The molecule has 0 spiro atoms. The van der Waals surface area contributed by atoms with Crippen molar-refractivity contribution in [2.75, 3.05) is 14.2 Å². The van der Waals surface area contributed by atoms with Crippen LogP contribution in [0.1, 0.15) is 36.8 Å². The zero-order chi connectivity index (χ0) is 18.1. The Balaban J connectivity index is 1.60. The first-order valence-corrected chi connectivity index (χ1v) is 9.37. The first kappa shape index (κ1) is 17.4. The van der Waals surface area contributed by atoms with E-state index in [1.165, 1.54) is 5.56 Å². The van der Waals surface area contributed by atoms with Gasteiger partial charge in [-0.3, -0.25) is 4.90 Å². The fraction of sp³-hybridized carbons (Fsp3) is 0.455. The van der Waals surface area contributed by atoms with E-state index in [2.05, 4.69) is 35.2 Å². The number of piperidine rings is 1. The molecule has 2 aromatic rings. The average Bonchev–Trinajstić information content (AvgIpc) is 2.92. The fourth-order valence-electron chi connectivity index (χ4n) is 4.77. The normalized spacial score (nSPS) is 28.1. The van der Waals surface area contributed by atoms with Crippen molar-refractivity contribution in [3.8, 4) is 11.5 Å². The summed E-state index contributed by atoms with van der Waals surface area (Å²) in [5.74, 6) is 1.50. The lowest BCUT2D eigenvalue weighted by atomic mass is 9.79. The van der Waals surface area contributed by atoms with E-state index >= 15 is 0 Å². The molecule has 1 N–H and O–H groups in total. The number of aliphatic hydroxyl groups is 1. The first-order valence-electron chi connectivity index (χ1n) is 9.37. The van der Waals surface area contributed by atoms with Gasteiger partial charge in [-0.15, -0.1) is 0 Å². The topological polar surface area (TPSA) is 41.9 Å². The Morgan fingerprint density at radius 3 is 2.31 bits per heavy atom. The van der Waals surface area contributed by atoms with Crippen LogP contribution in [0.15, 0.2) is 48.5 Å². The average molecular weight is 353 g/mol. The summed E-state index contributed by atoms with van der Waals surface area (Å²) in [6.07, 6.45) is 3.76. The lowest BCUT2D eigenvalue weighted by molar-refractivity contribution is -0.0607. The van der Waals surface area contributed by atoms with Gasteiger partial charge >= 0.3 is 0 Å². The second-order valence-electron chi connectivity index (χ2n) is 7.55. The monoisotopic (exact) mass is 353 g/mol. The Hall–Kier alpha value is -2.04. The lowest BCUT2D eigenvalue weighted by Crippen LogP contribution is -2.49. The molecule has 0 radical (unpaired) electrons. The number of benzene rings is 2. The molecule has 2 atom stereocenters. The third-order valence-corrected chi connectivity index (χ3v) is 6.03. The maximum Gasteiger partial charge on any atom is 0.125 e. The van der Waals surface area contributed by atoms with E-state index < -0.39 is 5.60 Å². The van der Waals surface area contributed by atoms with Crippen LogP contribution in [-0.4, -0.2) is 36.3 Å². The molecule has 2 aromatic carbocycles. The van der Waals surface area contributed by atoms with Crippen molar-refractivity contribution < 1.29 is 14.6 Å². The van der Waals surface area contributed by atoms with Gasteiger partial charge in [-0.05, 0) is 49.4 Å². The zero-order valence-corrected chi connectivity index (χ0v) is 15.5. The van der Waals surface area contributed by atoms with Crippen molar-refractivity contribution in [1.29, 1.82) is 0 Å². The largest absolute Gasteiger partial charge is 0.497 e. The first-order chi connectivity index (χ1) is 12.6. The molecule has 0 saturated carbocycles. The van der Waals surface area contributed by atoms with Crippen LogP contribution in [0.5, 0.6) is 11.5 Å². The van der Waals surface area contributed by atoms with Crippen molar-refractivity contribution in [3.63, 3.8) is 0 Å². The van der Waals surface area contributed by atoms with E-state index in [0.717, 1.165) is 49.3 Å². The van der Waals surface area contributed by atoms with E-state index in [1.54, 1.807) is 14.2 Å². The standard InChI is InChI=1S/C22H27NO3/c1-25-19-10-11-21(26-2)20(12-19)22(24)13-17-8-9-18(14-22)23(17)15-16-6-4-3-5-7-16/h3-7,10-12,17-18,24H,8-9,13-15H2,1-2H3. The molecule has 2 unspecified atom stereocenters. The van der Waals surface area contributed by atoms with Crippen molar-refractivity contribution in [3.05, 3.63) is 59.7 Å². The Labute approximate surface area is 155 Å². The summed E-state index contributed by atoms with van der Waals surface area (Å²) in [7, 11) is 3.32. The second kappa shape index (κ2) is 6.93. The molecule has 4 nitrogen and oxygen atoms in total. The van der Waals surface area contributed by atoms with Gasteiger partial charge < -0.3 is 14.6 Å². The Kier molecular flexibility index (Phi) is 4.63. The number of fused-ring (bicyclic) bond motifs is 2. The number of hydrogen-bond donors (Lipinski definition) is 1. The minimum Gasteiger partial charge on any atom is -0.497 e. The molecular formula is C22H27NO3. The van der Waals surface area contributed by atoms with Crippen molar-refractivity contribution >= 4 is 0 Å². The maximum absolute atomic E-state index is 11.6. The van der Waals surface area contributed by atoms with Crippen LogP contribution in [0.4, 0.5) is 0 Å². The molecule has 2 saturated heterocycles. The quantitative estimate of drug-likeness (QED) is 0.890. The highest BCUT2D eigenvalue weighted by Gasteiger charge is 2.49. The van der Waals surface area contributed by atoms with Gasteiger partial charge in [0.1, 0.15) is 11.5 Å². The van der Waals surface area contributed by atoms with Crippen molar-refractivity contribution in [1.82, 2.24) is 4.90 Å². The molecule has 138 valence electrons. The van der Waals surface area contributed by atoms with Crippen LogP contribution < -0.4 is 9.47 Å². The smallest absolute Gasteiger partial charge is 0.125 e. The molecule has 26 heavy (non-hydrogen) atoms. The SMILES string of the molecule is COc1ccc(OC)c(C2(O)CC3CCC(C2)N3Cc2ccccc2)c1. The number of ether oxygens (including phenoxy) is 2. The minimum absolute atomic E-state index is 0.398. The summed E-state index contributed by atoms with van der Waals surface area (Å²) in [6, 6.07) is 17.1. The Morgan fingerprint density at radius 1 is 1.00 bits per heavy atom. The van der Waals surface area contributed by atoms with Gasteiger partial charge in [0, 0.05) is 24.2 Å². The number of hydrogen-bond acceptors (Lipinski definition) is 4. The molecule has 0 amide bonds. The van der Waals surface area contributed by atoms with Gasteiger partial charge in [0.15, 0.2) is 0 Å². The van der Waals surface area contributed by atoms with Crippen LogP contribution in [0, 0.1) is 0 Å². The molecule has 2 aliphatic heterocycles. The van der Waals surface area contributed by atoms with Gasteiger partial charge in [-0.25, -0.2) is 0 Å². The van der Waals surface area contributed by atoms with Gasteiger partial charge in [0.25, 0.3) is 0 Å². The maximum atomic E-state index is 11.6. The molecule has 2 aliphatic rings. The molecule has 0 aliphatic carbocycles. The predicted octanol–water partition coefficient (Wildman–Crippen LogP) is 3.72. The molecule has 4 heteroatoms.